The highest BCUT2D eigenvalue weighted by molar-refractivity contribution is 7.87. The second-order valence-corrected chi connectivity index (χ2v) is 7.08. The quantitative estimate of drug-likeness (QED) is 0.853. The maximum Gasteiger partial charge on any atom is 0.280 e. The Kier molecular flexibility index (Phi) is 4.27. The number of rotatable bonds is 6. The molecular weight excluding hydrogens is 306 g/mol. The van der Waals surface area contributed by atoms with Crippen LogP contribution in [-0.2, 0) is 16.8 Å². The molecule has 3 heterocycles. The predicted molar refractivity (Wildman–Crippen MR) is 78.9 cm³/mol. The third kappa shape index (κ3) is 3.21. The Balaban J connectivity index is 1.69. The Morgan fingerprint density at radius 1 is 1.55 bits per heavy atom. The number of nitrogens with zero attached hydrogens (tertiary/aromatic N) is 4. The van der Waals surface area contributed by atoms with Crippen molar-refractivity contribution in [3.63, 3.8) is 0 Å². The van der Waals surface area contributed by atoms with Crippen molar-refractivity contribution >= 4 is 10.2 Å². The molecule has 9 heteroatoms. The van der Waals surface area contributed by atoms with E-state index in [4.69, 9.17) is 4.42 Å². The van der Waals surface area contributed by atoms with E-state index < -0.39 is 10.2 Å². The first-order valence-electron chi connectivity index (χ1n) is 7.21. The van der Waals surface area contributed by atoms with Crippen LogP contribution in [0.4, 0.5) is 0 Å². The zero-order chi connectivity index (χ0) is 15.6. The molecule has 0 spiro atoms. The van der Waals surface area contributed by atoms with E-state index in [1.165, 1.54) is 10.6 Å². The maximum atomic E-state index is 12.6. The van der Waals surface area contributed by atoms with Gasteiger partial charge < -0.3 is 4.42 Å². The van der Waals surface area contributed by atoms with Crippen molar-refractivity contribution in [1.29, 1.82) is 0 Å². The summed E-state index contributed by atoms with van der Waals surface area (Å²) in [7, 11) is -3.58. The van der Waals surface area contributed by atoms with Crippen LogP contribution in [0.15, 0.2) is 35.5 Å². The standard InChI is InChI=1S/C13H19N5O3S/c1-11(8-17-10-14-9-15-17)16-22(19,20)18-6-2-4-12(18)13-5-3-7-21-13/h3,5,7,9-12,16H,2,4,6,8H2,1H3/t11-,12+/m1/s1. The van der Waals surface area contributed by atoms with Crippen molar-refractivity contribution in [2.75, 3.05) is 6.54 Å². The highest BCUT2D eigenvalue weighted by Crippen LogP contribution is 2.33. The fraction of sp³-hybridized carbons (Fsp3) is 0.538. The van der Waals surface area contributed by atoms with Gasteiger partial charge in [0.25, 0.3) is 10.2 Å². The van der Waals surface area contributed by atoms with Crippen molar-refractivity contribution in [2.45, 2.75) is 38.4 Å². The molecule has 0 radical (unpaired) electrons. The molecule has 3 rings (SSSR count). The lowest BCUT2D eigenvalue weighted by atomic mass is 10.2. The van der Waals surface area contributed by atoms with Crippen LogP contribution in [0.5, 0.6) is 0 Å². The highest BCUT2D eigenvalue weighted by Gasteiger charge is 2.37. The van der Waals surface area contributed by atoms with Crippen LogP contribution in [0.3, 0.4) is 0 Å². The van der Waals surface area contributed by atoms with Gasteiger partial charge in [-0.05, 0) is 31.9 Å². The van der Waals surface area contributed by atoms with Gasteiger partial charge in [-0.1, -0.05) is 0 Å². The zero-order valence-electron chi connectivity index (χ0n) is 12.3. The zero-order valence-corrected chi connectivity index (χ0v) is 13.1. The Morgan fingerprint density at radius 2 is 2.41 bits per heavy atom. The summed E-state index contributed by atoms with van der Waals surface area (Å²) >= 11 is 0. The summed E-state index contributed by atoms with van der Waals surface area (Å²) in [5.74, 6) is 0.687. The minimum Gasteiger partial charge on any atom is -0.468 e. The van der Waals surface area contributed by atoms with Gasteiger partial charge in [-0.3, -0.25) is 4.68 Å². The topological polar surface area (TPSA) is 93.3 Å². The number of aromatic nitrogens is 3. The van der Waals surface area contributed by atoms with E-state index in [-0.39, 0.29) is 12.1 Å². The number of furan rings is 1. The number of hydrogen-bond donors (Lipinski definition) is 1. The van der Waals surface area contributed by atoms with Crippen molar-refractivity contribution in [2.24, 2.45) is 0 Å². The third-order valence-electron chi connectivity index (χ3n) is 3.66. The van der Waals surface area contributed by atoms with E-state index in [1.807, 2.05) is 6.07 Å². The highest BCUT2D eigenvalue weighted by atomic mass is 32.2. The fourth-order valence-corrected chi connectivity index (χ4v) is 4.39. The lowest BCUT2D eigenvalue weighted by Gasteiger charge is -2.25. The smallest absolute Gasteiger partial charge is 0.280 e. The van der Waals surface area contributed by atoms with Crippen molar-refractivity contribution in [3.05, 3.63) is 36.8 Å². The van der Waals surface area contributed by atoms with E-state index in [0.717, 1.165) is 12.8 Å². The van der Waals surface area contributed by atoms with Gasteiger partial charge in [-0.25, -0.2) is 4.98 Å². The number of hydrogen-bond acceptors (Lipinski definition) is 5. The second kappa shape index (κ2) is 6.19. The lowest BCUT2D eigenvalue weighted by molar-refractivity contribution is 0.331. The predicted octanol–water partition coefficient (Wildman–Crippen LogP) is 0.931. The average molecular weight is 325 g/mol. The molecule has 22 heavy (non-hydrogen) atoms. The monoisotopic (exact) mass is 325 g/mol. The minimum atomic E-state index is -3.58. The molecule has 1 N–H and O–H groups in total. The molecule has 0 saturated carbocycles. The molecule has 1 saturated heterocycles. The summed E-state index contributed by atoms with van der Waals surface area (Å²) in [4.78, 5) is 3.85. The van der Waals surface area contributed by atoms with Gasteiger partial charge in [0.05, 0.1) is 18.8 Å². The fourth-order valence-electron chi connectivity index (χ4n) is 2.76. The molecule has 8 nitrogen and oxygen atoms in total. The van der Waals surface area contributed by atoms with Gasteiger partial charge in [-0.15, -0.1) is 0 Å². The summed E-state index contributed by atoms with van der Waals surface area (Å²) in [5, 5.41) is 3.98. The minimum absolute atomic E-state index is 0.230. The first kappa shape index (κ1) is 15.2. The summed E-state index contributed by atoms with van der Waals surface area (Å²) in [6, 6.07) is 3.08. The largest absolute Gasteiger partial charge is 0.468 e. The molecule has 1 aliphatic rings. The first-order valence-corrected chi connectivity index (χ1v) is 8.65. The van der Waals surface area contributed by atoms with E-state index in [9.17, 15) is 8.42 Å². The molecule has 1 aliphatic heterocycles. The molecule has 0 aliphatic carbocycles. The molecule has 0 unspecified atom stereocenters. The van der Waals surface area contributed by atoms with Crippen molar-refractivity contribution < 1.29 is 12.8 Å². The molecule has 0 aromatic carbocycles. The van der Waals surface area contributed by atoms with Crippen LogP contribution >= 0.6 is 0 Å². The summed E-state index contributed by atoms with van der Waals surface area (Å²) < 4.78 is 36.4. The molecule has 0 bridgehead atoms. The van der Waals surface area contributed by atoms with Gasteiger partial charge in [0, 0.05) is 12.6 Å². The SMILES string of the molecule is C[C@H](Cn1cncn1)NS(=O)(=O)N1CCC[C@H]1c1ccco1. The maximum absolute atomic E-state index is 12.6. The van der Waals surface area contributed by atoms with Gasteiger partial charge in [0.1, 0.15) is 18.4 Å². The second-order valence-electron chi connectivity index (χ2n) is 5.43. The van der Waals surface area contributed by atoms with Crippen LogP contribution in [0.1, 0.15) is 31.6 Å². The van der Waals surface area contributed by atoms with E-state index >= 15 is 0 Å². The van der Waals surface area contributed by atoms with Crippen LogP contribution in [0.2, 0.25) is 0 Å². The Bertz CT molecular complexity index is 683. The van der Waals surface area contributed by atoms with Crippen molar-refractivity contribution in [1.82, 2.24) is 23.8 Å². The Hall–Kier alpha value is -1.71. The molecule has 2 aromatic heterocycles. The third-order valence-corrected chi connectivity index (χ3v) is 5.42. The molecule has 120 valence electrons. The molecule has 2 aromatic rings. The van der Waals surface area contributed by atoms with E-state index in [0.29, 0.717) is 18.8 Å². The van der Waals surface area contributed by atoms with Crippen LogP contribution in [0.25, 0.3) is 0 Å². The van der Waals surface area contributed by atoms with E-state index in [2.05, 4.69) is 14.8 Å². The normalized spacial score (nSPS) is 21.2. The molecule has 2 atom stereocenters. The number of nitrogens with one attached hydrogen (secondary N) is 1. The van der Waals surface area contributed by atoms with Crippen LogP contribution in [-0.4, -0.2) is 40.1 Å². The first-order chi connectivity index (χ1) is 10.6. The average Bonchev–Trinajstić information content (AvgIpc) is 3.20. The molecule has 1 fully saturated rings. The van der Waals surface area contributed by atoms with Gasteiger partial charge in [0.15, 0.2) is 0 Å². The van der Waals surface area contributed by atoms with Gasteiger partial charge >= 0.3 is 0 Å². The summed E-state index contributed by atoms with van der Waals surface area (Å²) in [6.45, 7) is 2.73. The van der Waals surface area contributed by atoms with Gasteiger partial charge in [0.2, 0.25) is 0 Å². The molecule has 0 amide bonds. The van der Waals surface area contributed by atoms with Crippen LogP contribution < -0.4 is 4.72 Å². The van der Waals surface area contributed by atoms with E-state index in [1.54, 1.807) is 30.3 Å². The summed E-state index contributed by atoms with van der Waals surface area (Å²) in [6.07, 6.45) is 6.15. The summed E-state index contributed by atoms with van der Waals surface area (Å²) in [5.41, 5.74) is 0. The Morgan fingerprint density at radius 3 is 3.09 bits per heavy atom. The molecular formula is C13H19N5O3S. The van der Waals surface area contributed by atoms with Crippen molar-refractivity contribution in [3.8, 4) is 0 Å². The van der Waals surface area contributed by atoms with Gasteiger partial charge in [-0.2, -0.15) is 22.5 Å². The lowest BCUT2D eigenvalue weighted by Crippen LogP contribution is -2.45. The van der Waals surface area contributed by atoms with Crippen LogP contribution in [0, 0.1) is 0 Å². The Labute approximate surface area is 129 Å².